The van der Waals surface area contributed by atoms with Crippen LogP contribution in [0.2, 0.25) is 0 Å². The van der Waals surface area contributed by atoms with Crippen LogP contribution in [0.3, 0.4) is 0 Å². The molecule has 1 aromatic carbocycles. The predicted molar refractivity (Wildman–Crippen MR) is 73.7 cm³/mol. The number of carboxylic acids is 1. The lowest BCUT2D eigenvalue weighted by atomic mass is 9.98. The number of aromatic amines is 1. The molecule has 1 aliphatic heterocycles. The van der Waals surface area contributed by atoms with Gasteiger partial charge < -0.3 is 10.4 Å². The third-order valence-electron chi connectivity index (χ3n) is 3.36. The number of aliphatic carboxylic acids is 1. The average Bonchev–Trinajstić information content (AvgIpc) is 3.06. The maximum atomic E-state index is 12.2. The molecule has 0 spiro atoms. The van der Waals surface area contributed by atoms with Gasteiger partial charge in [0.1, 0.15) is 16.6 Å². The van der Waals surface area contributed by atoms with Gasteiger partial charge in [-0.1, -0.05) is 0 Å². The number of hydrogen-bond acceptors (Lipinski definition) is 5. The van der Waals surface area contributed by atoms with E-state index in [1.165, 1.54) is 11.8 Å². The van der Waals surface area contributed by atoms with Gasteiger partial charge in [0.05, 0.1) is 0 Å². The van der Waals surface area contributed by atoms with Gasteiger partial charge in [-0.3, -0.25) is 4.79 Å². The van der Waals surface area contributed by atoms with Crippen LogP contribution in [0.15, 0.2) is 18.2 Å². The van der Waals surface area contributed by atoms with Crippen molar-refractivity contribution < 1.29 is 14.7 Å². The first-order valence-corrected chi connectivity index (χ1v) is 7.20. The number of thioether (sulfide) groups is 1. The molecule has 3 rings (SSSR count). The van der Waals surface area contributed by atoms with E-state index in [-0.39, 0.29) is 0 Å². The number of nitrogens with zero attached hydrogens (tertiary/aromatic N) is 2. The van der Waals surface area contributed by atoms with Crippen LogP contribution in [0.1, 0.15) is 16.8 Å². The second kappa shape index (κ2) is 4.78. The molecule has 1 saturated heterocycles. The van der Waals surface area contributed by atoms with E-state index in [0.717, 1.165) is 5.75 Å². The molecule has 2 aromatic rings. The number of H-pyrrole nitrogens is 1. The Morgan fingerprint density at radius 3 is 2.85 bits per heavy atom. The Labute approximate surface area is 118 Å². The molecule has 8 heteroatoms. The molecular formula is C12H12N4O3S. The van der Waals surface area contributed by atoms with Crippen molar-refractivity contribution in [2.24, 2.45) is 0 Å². The molecule has 0 unspecified atom stereocenters. The highest BCUT2D eigenvalue weighted by atomic mass is 32.2. The molecule has 1 atom stereocenters. The molecule has 7 nitrogen and oxygen atoms in total. The fraction of sp³-hybridized carbons (Fsp3) is 0.333. The van der Waals surface area contributed by atoms with E-state index < -0.39 is 17.4 Å². The Kier molecular flexibility index (Phi) is 3.09. The van der Waals surface area contributed by atoms with Gasteiger partial charge in [-0.2, -0.15) is 27.2 Å². The number of fused-ring (bicyclic) bond motifs is 1. The van der Waals surface area contributed by atoms with Crippen LogP contribution < -0.4 is 5.32 Å². The van der Waals surface area contributed by atoms with E-state index in [1.54, 1.807) is 18.2 Å². The number of rotatable bonds is 3. The molecule has 104 valence electrons. The number of amides is 1. The Hall–Kier alpha value is -2.09. The molecule has 20 heavy (non-hydrogen) atoms. The lowest BCUT2D eigenvalue weighted by Gasteiger charge is -2.24. The molecule has 0 saturated carbocycles. The highest BCUT2D eigenvalue weighted by molar-refractivity contribution is 7.99. The van der Waals surface area contributed by atoms with Crippen LogP contribution >= 0.6 is 11.8 Å². The number of carboxylic acid groups (broad SMARTS) is 1. The van der Waals surface area contributed by atoms with Crippen molar-refractivity contribution >= 4 is 34.7 Å². The first-order chi connectivity index (χ1) is 9.61. The fourth-order valence-corrected chi connectivity index (χ4v) is 3.48. The zero-order valence-electron chi connectivity index (χ0n) is 10.4. The average molecular weight is 292 g/mol. The lowest BCUT2D eigenvalue weighted by molar-refractivity contribution is -0.143. The third-order valence-corrected chi connectivity index (χ3v) is 4.55. The van der Waals surface area contributed by atoms with E-state index in [9.17, 15) is 14.7 Å². The minimum absolute atomic E-state index is 0.379. The van der Waals surface area contributed by atoms with Crippen molar-refractivity contribution in [3.05, 3.63) is 23.8 Å². The molecule has 1 amide bonds. The Bertz CT molecular complexity index is 678. The summed E-state index contributed by atoms with van der Waals surface area (Å²) in [5.74, 6) is -0.270. The summed E-state index contributed by atoms with van der Waals surface area (Å²) in [5.41, 5.74) is 0.443. The number of nitrogens with one attached hydrogen (secondary N) is 2. The first-order valence-electron chi connectivity index (χ1n) is 6.05. The maximum Gasteiger partial charge on any atom is 0.330 e. The highest BCUT2D eigenvalue weighted by Gasteiger charge is 2.43. The maximum absolute atomic E-state index is 12.2. The van der Waals surface area contributed by atoms with E-state index >= 15 is 0 Å². The largest absolute Gasteiger partial charge is 0.479 e. The van der Waals surface area contributed by atoms with Gasteiger partial charge in [-0.15, -0.1) is 0 Å². The predicted octanol–water partition coefficient (Wildman–Crippen LogP) is 0.648. The number of aromatic nitrogens is 3. The fourth-order valence-electron chi connectivity index (χ4n) is 2.16. The summed E-state index contributed by atoms with van der Waals surface area (Å²) in [6.07, 6.45) is 0.435. The summed E-state index contributed by atoms with van der Waals surface area (Å²) in [7, 11) is 0. The van der Waals surface area contributed by atoms with E-state index in [1.807, 2.05) is 0 Å². The molecule has 0 aliphatic carbocycles. The summed E-state index contributed by atoms with van der Waals surface area (Å²) >= 11 is 1.53. The van der Waals surface area contributed by atoms with Gasteiger partial charge in [0.25, 0.3) is 5.91 Å². The Morgan fingerprint density at radius 2 is 2.15 bits per heavy atom. The Morgan fingerprint density at radius 1 is 1.35 bits per heavy atom. The standard InChI is InChI=1S/C12H12N4O3S/c17-10(13-12(11(18)19)3-4-20-6-12)7-1-2-8-9(5-7)15-16-14-8/h1-2,5H,3-4,6H2,(H,13,17)(H,18,19)(H,14,15,16)/t12-/m0/s1. The van der Waals surface area contributed by atoms with Crippen molar-refractivity contribution in [3.63, 3.8) is 0 Å². The van der Waals surface area contributed by atoms with Crippen LogP contribution in [0.5, 0.6) is 0 Å². The summed E-state index contributed by atoms with van der Waals surface area (Å²) in [5, 5.41) is 22.3. The molecule has 0 bridgehead atoms. The zero-order chi connectivity index (χ0) is 14.2. The quantitative estimate of drug-likeness (QED) is 0.766. The van der Waals surface area contributed by atoms with Crippen LogP contribution in [-0.2, 0) is 4.79 Å². The number of carbonyl (C=O) groups excluding carboxylic acids is 1. The van der Waals surface area contributed by atoms with Gasteiger partial charge in [0.2, 0.25) is 0 Å². The molecule has 3 N–H and O–H groups in total. The number of hydrogen-bond donors (Lipinski definition) is 3. The van der Waals surface area contributed by atoms with Crippen LogP contribution in [-0.4, -0.2) is 49.4 Å². The van der Waals surface area contributed by atoms with E-state index in [4.69, 9.17) is 0 Å². The third kappa shape index (κ3) is 2.11. The van der Waals surface area contributed by atoms with Crippen molar-refractivity contribution in [3.8, 4) is 0 Å². The lowest BCUT2D eigenvalue weighted by Crippen LogP contribution is -2.54. The SMILES string of the molecule is O=C(N[C@@]1(C(=O)O)CCSC1)c1ccc2n[nH]nc2c1. The van der Waals surface area contributed by atoms with Crippen molar-refractivity contribution in [1.29, 1.82) is 0 Å². The zero-order valence-corrected chi connectivity index (χ0v) is 11.2. The van der Waals surface area contributed by atoms with Crippen LogP contribution in [0.4, 0.5) is 0 Å². The Balaban J connectivity index is 1.86. The monoisotopic (exact) mass is 292 g/mol. The molecular weight excluding hydrogens is 280 g/mol. The smallest absolute Gasteiger partial charge is 0.330 e. The minimum Gasteiger partial charge on any atom is -0.479 e. The molecule has 1 aromatic heterocycles. The van der Waals surface area contributed by atoms with Crippen LogP contribution in [0, 0.1) is 0 Å². The topological polar surface area (TPSA) is 108 Å². The van der Waals surface area contributed by atoms with Crippen molar-refractivity contribution in [2.45, 2.75) is 12.0 Å². The molecule has 1 fully saturated rings. The molecule has 2 heterocycles. The first kappa shape index (κ1) is 12.9. The van der Waals surface area contributed by atoms with Gasteiger partial charge in [-0.25, -0.2) is 4.79 Å². The van der Waals surface area contributed by atoms with E-state index in [2.05, 4.69) is 20.7 Å². The second-order valence-electron chi connectivity index (χ2n) is 4.67. The van der Waals surface area contributed by atoms with E-state index in [0.29, 0.717) is 28.8 Å². The number of benzene rings is 1. The van der Waals surface area contributed by atoms with Crippen molar-refractivity contribution in [1.82, 2.24) is 20.7 Å². The molecule has 0 radical (unpaired) electrons. The van der Waals surface area contributed by atoms with Crippen LogP contribution in [0.25, 0.3) is 11.0 Å². The number of carbonyl (C=O) groups is 2. The van der Waals surface area contributed by atoms with Gasteiger partial charge >= 0.3 is 5.97 Å². The normalized spacial score (nSPS) is 22.0. The van der Waals surface area contributed by atoms with Crippen molar-refractivity contribution in [2.75, 3.05) is 11.5 Å². The molecule has 1 aliphatic rings. The summed E-state index contributed by atoms with van der Waals surface area (Å²) in [6, 6.07) is 4.87. The minimum atomic E-state index is -1.17. The highest BCUT2D eigenvalue weighted by Crippen LogP contribution is 2.28. The summed E-state index contributed by atoms with van der Waals surface area (Å²) in [4.78, 5) is 23.6. The summed E-state index contributed by atoms with van der Waals surface area (Å²) in [6.45, 7) is 0. The van der Waals surface area contributed by atoms with Gasteiger partial charge in [0, 0.05) is 11.3 Å². The summed E-state index contributed by atoms with van der Waals surface area (Å²) < 4.78 is 0. The van der Waals surface area contributed by atoms with Gasteiger partial charge in [-0.05, 0) is 30.4 Å². The van der Waals surface area contributed by atoms with Gasteiger partial charge in [0.15, 0.2) is 0 Å². The second-order valence-corrected chi connectivity index (χ2v) is 5.78.